The molecule has 4 rings (SSSR count). The van der Waals surface area contributed by atoms with Crippen LogP contribution in [0.15, 0.2) is 30.5 Å². The van der Waals surface area contributed by atoms with Gasteiger partial charge in [0.25, 0.3) is 0 Å². The fraction of sp³-hybridized carbons (Fsp3) is 0.645. The van der Waals surface area contributed by atoms with E-state index in [9.17, 15) is 14.7 Å². The molecule has 2 aliphatic heterocycles. The van der Waals surface area contributed by atoms with Crippen molar-refractivity contribution in [3.63, 3.8) is 0 Å². The molecule has 2 saturated heterocycles. The molecular formula is C31H48N6O4. The normalized spacial score (nSPS) is 21.7. The second kappa shape index (κ2) is 13.8. The highest BCUT2D eigenvalue weighted by atomic mass is 16.5. The number of nitrogens with one attached hydrogen (secondary N) is 1. The Kier molecular flexibility index (Phi) is 10.4. The van der Waals surface area contributed by atoms with E-state index in [2.05, 4.69) is 34.2 Å². The number of aliphatic hydroxyl groups excluding tert-OH is 1. The lowest BCUT2D eigenvalue weighted by atomic mass is 9.96. The number of benzene rings is 1. The maximum atomic E-state index is 13.5. The van der Waals surface area contributed by atoms with Gasteiger partial charge in [-0.3, -0.25) is 19.2 Å². The van der Waals surface area contributed by atoms with Crippen LogP contribution in [0.2, 0.25) is 0 Å². The zero-order valence-electron chi connectivity index (χ0n) is 25.5. The van der Waals surface area contributed by atoms with E-state index in [0.717, 1.165) is 61.8 Å². The number of carbonyl (C=O) groups excluding carboxylic acids is 2. The maximum absolute atomic E-state index is 13.5. The summed E-state index contributed by atoms with van der Waals surface area (Å²) in [6.45, 7) is 16.3. The number of ether oxygens (including phenoxy) is 1. The van der Waals surface area contributed by atoms with Gasteiger partial charge in [-0.1, -0.05) is 32.9 Å². The zero-order chi connectivity index (χ0) is 29.7. The Balaban J connectivity index is 1.51. The molecule has 2 fully saturated rings. The summed E-state index contributed by atoms with van der Waals surface area (Å²) in [5.41, 5.74) is 2.88. The number of aliphatic hydroxyl groups is 1. The van der Waals surface area contributed by atoms with Crippen molar-refractivity contribution in [2.24, 2.45) is 11.8 Å². The number of piperazine rings is 1. The van der Waals surface area contributed by atoms with Gasteiger partial charge in [0.05, 0.1) is 17.8 Å². The monoisotopic (exact) mass is 568 g/mol. The van der Waals surface area contributed by atoms with E-state index in [4.69, 9.17) is 4.74 Å². The highest BCUT2D eigenvalue weighted by Gasteiger charge is 2.41. The minimum absolute atomic E-state index is 0.0887. The summed E-state index contributed by atoms with van der Waals surface area (Å²) < 4.78 is 8.35. The van der Waals surface area contributed by atoms with Crippen LogP contribution in [0.5, 0.6) is 5.75 Å². The fourth-order valence-electron chi connectivity index (χ4n) is 5.60. The van der Waals surface area contributed by atoms with E-state index in [-0.39, 0.29) is 42.7 Å². The molecule has 2 aromatic rings. The third kappa shape index (κ3) is 7.47. The summed E-state index contributed by atoms with van der Waals surface area (Å²) in [7, 11) is 2.15. The molecule has 4 unspecified atom stereocenters. The van der Waals surface area contributed by atoms with Crippen LogP contribution in [0.4, 0.5) is 0 Å². The number of aromatic nitrogens is 2. The second-order valence-corrected chi connectivity index (χ2v) is 11.9. The number of β-amino-alcohol motifs (C(OH)–C–C–N with tert-alkyl or cyclic N) is 1. The quantitative estimate of drug-likeness (QED) is 0.430. The number of hydrogen-bond acceptors (Lipinski definition) is 7. The molecule has 2 N–H and O–H groups in total. The van der Waals surface area contributed by atoms with Gasteiger partial charge in [-0.05, 0) is 38.9 Å². The molecule has 2 amide bonds. The van der Waals surface area contributed by atoms with E-state index in [1.54, 1.807) is 11.1 Å². The largest absolute Gasteiger partial charge is 0.492 e. The van der Waals surface area contributed by atoms with Gasteiger partial charge in [-0.2, -0.15) is 5.10 Å². The van der Waals surface area contributed by atoms with Crippen LogP contribution in [0.1, 0.15) is 52.6 Å². The Morgan fingerprint density at radius 3 is 2.54 bits per heavy atom. The Morgan fingerprint density at radius 1 is 1.12 bits per heavy atom. The van der Waals surface area contributed by atoms with E-state index < -0.39 is 12.1 Å². The van der Waals surface area contributed by atoms with Gasteiger partial charge in [0.1, 0.15) is 18.4 Å². The molecule has 1 aromatic carbocycles. The van der Waals surface area contributed by atoms with Crippen molar-refractivity contribution in [1.29, 1.82) is 0 Å². The van der Waals surface area contributed by atoms with E-state index in [1.807, 2.05) is 56.6 Å². The minimum Gasteiger partial charge on any atom is -0.492 e. The van der Waals surface area contributed by atoms with Gasteiger partial charge in [0, 0.05) is 75.5 Å². The van der Waals surface area contributed by atoms with E-state index >= 15 is 0 Å². The number of likely N-dealkylation sites (tertiary alicyclic amines) is 1. The summed E-state index contributed by atoms with van der Waals surface area (Å²) >= 11 is 0. The van der Waals surface area contributed by atoms with E-state index in [0.29, 0.717) is 6.61 Å². The first-order valence-electron chi connectivity index (χ1n) is 15.1. The Labute approximate surface area is 244 Å². The molecule has 0 saturated carbocycles. The highest BCUT2D eigenvalue weighted by Crippen LogP contribution is 2.32. The number of carbonyl (C=O) groups is 2. The summed E-state index contributed by atoms with van der Waals surface area (Å²) in [6.07, 6.45) is 1.33. The first kappa shape index (κ1) is 31.0. The number of hydrogen-bond donors (Lipinski definition) is 2. The zero-order valence-corrected chi connectivity index (χ0v) is 25.5. The van der Waals surface area contributed by atoms with Crippen LogP contribution in [0.25, 0.3) is 11.3 Å². The number of amides is 2. The third-order valence-electron chi connectivity index (χ3n) is 8.67. The summed E-state index contributed by atoms with van der Waals surface area (Å²) in [5, 5.41) is 17.9. The summed E-state index contributed by atoms with van der Waals surface area (Å²) in [5.74, 6) is 0.304. The van der Waals surface area contributed by atoms with Crippen molar-refractivity contribution < 1.29 is 19.4 Å². The summed E-state index contributed by atoms with van der Waals surface area (Å²) in [4.78, 5) is 32.9. The van der Waals surface area contributed by atoms with Gasteiger partial charge in [0.15, 0.2) is 0 Å². The van der Waals surface area contributed by atoms with Gasteiger partial charge < -0.3 is 25.0 Å². The number of rotatable bonds is 11. The topological polar surface area (TPSA) is 103 Å². The van der Waals surface area contributed by atoms with Crippen LogP contribution in [0, 0.1) is 11.8 Å². The predicted octanol–water partition coefficient (Wildman–Crippen LogP) is 2.63. The van der Waals surface area contributed by atoms with Crippen molar-refractivity contribution in [1.82, 2.24) is 29.8 Å². The lowest BCUT2D eigenvalue weighted by Crippen LogP contribution is -2.48. The fourth-order valence-corrected chi connectivity index (χ4v) is 5.60. The molecule has 2 aliphatic rings. The first-order valence-corrected chi connectivity index (χ1v) is 15.1. The van der Waals surface area contributed by atoms with Crippen LogP contribution in [-0.4, -0.2) is 106 Å². The molecule has 0 spiro atoms. The van der Waals surface area contributed by atoms with Crippen LogP contribution in [0.3, 0.4) is 0 Å². The van der Waals surface area contributed by atoms with Gasteiger partial charge in [0.2, 0.25) is 11.8 Å². The third-order valence-corrected chi connectivity index (χ3v) is 8.67. The summed E-state index contributed by atoms with van der Waals surface area (Å²) in [6, 6.07) is 7.02. The lowest BCUT2D eigenvalue weighted by Gasteiger charge is -2.32. The smallest absolute Gasteiger partial charge is 0.243 e. The predicted molar refractivity (Wildman–Crippen MR) is 159 cm³/mol. The van der Waals surface area contributed by atoms with Gasteiger partial charge in [-0.25, -0.2) is 0 Å². The molecule has 1 aromatic heterocycles. The van der Waals surface area contributed by atoms with Crippen LogP contribution < -0.4 is 10.1 Å². The van der Waals surface area contributed by atoms with Gasteiger partial charge >= 0.3 is 0 Å². The Bertz CT molecular complexity index is 1180. The van der Waals surface area contributed by atoms with Crippen molar-refractivity contribution in [2.45, 2.75) is 65.8 Å². The van der Waals surface area contributed by atoms with Crippen molar-refractivity contribution in [3.05, 3.63) is 36.0 Å². The standard InChI is InChI=1S/C31H48N6O4/c1-7-37-27(10-11-32-37)24-8-9-26(29(18-24)41-17-16-35-14-12-34(6)13-15-35)23(5)33-30(39)28-19-25(38)20-36(28)31(40)22(4)21(2)3/h8-11,18,21-23,25,28,38H,7,12-17,19-20H2,1-6H3,(H,33,39). The average molecular weight is 569 g/mol. The lowest BCUT2D eigenvalue weighted by molar-refractivity contribution is -0.142. The van der Waals surface area contributed by atoms with Crippen molar-refractivity contribution in [2.75, 3.05) is 52.9 Å². The molecule has 41 heavy (non-hydrogen) atoms. The minimum atomic E-state index is -0.708. The first-order chi connectivity index (χ1) is 19.6. The van der Waals surface area contributed by atoms with E-state index in [1.165, 1.54) is 0 Å². The SMILES string of the molecule is CCn1nccc1-c1ccc(C(C)NC(=O)C2CC(O)CN2C(=O)C(C)C(C)C)c(OCCN2CCN(C)CC2)c1. The van der Waals surface area contributed by atoms with Crippen LogP contribution >= 0.6 is 0 Å². The van der Waals surface area contributed by atoms with Crippen molar-refractivity contribution >= 4 is 11.8 Å². The Hall–Kier alpha value is -2.95. The number of nitrogens with zero attached hydrogens (tertiary/aromatic N) is 5. The molecule has 226 valence electrons. The second-order valence-electron chi connectivity index (χ2n) is 11.9. The maximum Gasteiger partial charge on any atom is 0.243 e. The molecule has 10 heteroatoms. The van der Waals surface area contributed by atoms with Crippen molar-refractivity contribution in [3.8, 4) is 17.0 Å². The molecule has 4 atom stereocenters. The highest BCUT2D eigenvalue weighted by molar-refractivity contribution is 5.89. The molecule has 0 aliphatic carbocycles. The molecule has 3 heterocycles. The number of likely N-dealkylation sites (N-methyl/N-ethyl adjacent to an activating group) is 1. The van der Waals surface area contributed by atoms with Gasteiger partial charge in [-0.15, -0.1) is 0 Å². The average Bonchev–Trinajstić information content (AvgIpc) is 3.59. The molecule has 0 bridgehead atoms. The number of aryl methyl sites for hydroxylation is 1. The molecule has 0 radical (unpaired) electrons. The molecule has 10 nitrogen and oxygen atoms in total. The molecular weight excluding hydrogens is 520 g/mol. The van der Waals surface area contributed by atoms with Crippen LogP contribution in [-0.2, 0) is 16.1 Å². The Morgan fingerprint density at radius 2 is 1.85 bits per heavy atom.